The fourth-order valence-electron chi connectivity index (χ4n) is 0.746. The first kappa shape index (κ1) is 21.5. The Morgan fingerprint density at radius 3 is 1.88 bits per heavy atom. The van der Waals surface area contributed by atoms with Crippen LogP contribution in [0.4, 0.5) is 0 Å². The standard InChI is InChI=1S/C6H14O.C4H7ClO2.CH3NO/c1-3-6(4-2)5-7;1-2-7-4(6)3-5;2-1-3/h6-7H,3-5H2,1-2H3;2-3H2,1H3;1H,(H2,2,3). The van der Waals surface area contributed by atoms with E-state index in [0.29, 0.717) is 19.1 Å². The molecule has 5 nitrogen and oxygen atoms in total. The number of aliphatic hydroxyl groups is 1. The average molecular weight is 270 g/mol. The molecule has 0 radical (unpaired) electrons. The van der Waals surface area contributed by atoms with Gasteiger partial charge < -0.3 is 15.6 Å². The summed E-state index contributed by atoms with van der Waals surface area (Å²) in [7, 11) is 0. The molecule has 0 aromatic rings. The van der Waals surface area contributed by atoms with Crippen LogP contribution in [0.3, 0.4) is 0 Å². The van der Waals surface area contributed by atoms with Gasteiger partial charge >= 0.3 is 5.97 Å². The van der Waals surface area contributed by atoms with E-state index in [9.17, 15) is 4.79 Å². The van der Waals surface area contributed by atoms with E-state index < -0.39 is 0 Å². The molecule has 0 atom stereocenters. The van der Waals surface area contributed by atoms with Gasteiger partial charge in [-0.2, -0.15) is 0 Å². The number of carbonyl (C=O) groups is 2. The Kier molecular flexibility index (Phi) is 26.0. The van der Waals surface area contributed by atoms with Crippen molar-refractivity contribution < 1.29 is 19.4 Å². The molecular formula is C11H24ClNO4. The van der Waals surface area contributed by atoms with Crippen LogP contribution in [0, 0.1) is 5.92 Å². The van der Waals surface area contributed by atoms with E-state index in [1.165, 1.54) is 0 Å². The lowest BCUT2D eigenvalue weighted by Gasteiger charge is -2.04. The molecule has 6 heteroatoms. The summed E-state index contributed by atoms with van der Waals surface area (Å²) in [6, 6.07) is 0. The molecule has 17 heavy (non-hydrogen) atoms. The van der Waals surface area contributed by atoms with E-state index in [0.717, 1.165) is 12.8 Å². The lowest BCUT2D eigenvalue weighted by molar-refractivity contribution is -0.140. The van der Waals surface area contributed by atoms with Crippen molar-refractivity contribution in [3.05, 3.63) is 0 Å². The van der Waals surface area contributed by atoms with Gasteiger partial charge in [0.2, 0.25) is 6.41 Å². The molecule has 0 saturated carbocycles. The summed E-state index contributed by atoms with van der Waals surface area (Å²) in [5.74, 6) is 0.137. The number of primary amides is 1. The molecule has 0 bridgehead atoms. The highest BCUT2D eigenvalue weighted by Crippen LogP contribution is 2.03. The van der Waals surface area contributed by atoms with Crippen molar-refractivity contribution in [2.24, 2.45) is 11.7 Å². The van der Waals surface area contributed by atoms with Gasteiger partial charge in [0, 0.05) is 6.61 Å². The summed E-state index contributed by atoms with van der Waals surface area (Å²) in [4.78, 5) is 18.6. The molecule has 0 unspecified atom stereocenters. The summed E-state index contributed by atoms with van der Waals surface area (Å²) < 4.78 is 4.42. The van der Waals surface area contributed by atoms with Crippen molar-refractivity contribution in [2.45, 2.75) is 33.6 Å². The van der Waals surface area contributed by atoms with Gasteiger partial charge in [-0.15, -0.1) is 11.6 Å². The van der Waals surface area contributed by atoms with Crippen LogP contribution in [-0.2, 0) is 14.3 Å². The van der Waals surface area contributed by atoms with Gasteiger partial charge in [-0.25, -0.2) is 0 Å². The Morgan fingerprint density at radius 1 is 1.41 bits per heavy atom. The Bertz CT molecular complexity index is 158. The number of amides is 1. The lowest BCUT2D eigenvalue weighted by Crippen LogP contribution is -2.03. The highest BCUT2D eigenvalue weighted by molar-refractivity contribution is 6.26. The lowest BCUT2D eigenvalue weighted by atomic mass is 10.1. The second-order valence-electron chi connectivity index (χ2n) is 2.94. The van der Waals surface area contributed by atoms with Crippen molar-refractivity contribution in [3.8, 4) is 0 Å². The zero-order chi connectivity index (χ0) is 14.1. The number of aliphatic hydroxyl groups excluding tert-OH is 1. The normalized spacial score (nSPS) is 8.35. The van der Waals surface area contributed by atoms with Crippen LogP contribution < -0.4 is 5.73 Å². The van der Waals surface area contributed by atoms with E-state index in [4.69, 9.17) is 21.5 Å². The van der Waals surface area contributed by atoms with Crippen LogP contribution in [0.1, 0.15) is 33.6 Å². The van der Waals surface area contributed by atoms with Gasteiger partial charge in [0.05, 0.1) is 6.61 Å². The summed E-state index contributed by atoms with van der Waals surface area (Å²) in [6.07, 6.45) is 2.46. The Morgan fingerprint density at radius 2 is 1.82 bits per heavy atom. The predicted molar refractivity (Wildman–Crippen MR) is 68.8 cm³/mol. The summed E-state index contributed by atoms with van der Waals surface area (Å²) >= 11 is 5.06. The third-order valence-corrected chi connectivity index (χ3v) is 2.05. The molecule has 0 fully saturated rings. The maximum Gasteiger partial charge on any atom is 0.320 e. The SMILES string of the molecule is CCC(CC)CO.CCOC(=O)CCl.NC=O. The smallest absolute Gasteiger partial charge is 0.320 e. The number of alkyl halides is 1. The number of halogens is 1. The molecule has 3 N–H and O–H groups in total. The topological polar surface area (TPSA) is 89.6 Å². The van der Waals surface area contributed by atoms with Gasteiger partial charge in [0.15, 0.2) is 0 Å². The molecule has 0 saturated heterocycles. The number of esters is 1. The minimum atomic E-state index is -0.357. The van der Waals surface area contributed by atoms with Crippen molar-refractivity contribution >= 4 is 24.0 Å². The monoisotopic (exact) mass is 269 g/mol. The van der Waals surface area contributed by atoms with Crippen LogP contribution in [0.5, 0.6) is 0 Å². The van der Waals surface area contributed by atoms with Gasteiger partial charge in [0.1, 0.15) is 5.88 Å². The minimum Gasteiger partial charge on any atom is -0.465 e. The minimum absolute atomic E-state index is 0.0478. The van der Waals surface area contributed by atoms with E-state index in [2.05, 4.69) is 24.3 Å². The molecular weight excluding hydrogens is 246 g/mol. The summed E-state index contributed by atoms with van der Waals surface area (Å²) in [5.41, 5.74) is 4.17. The molecule has 0 aliphatic rings. The highest BCUT2D eigenvalue weighted by Gasteiger charge is 1.97. The largest absolute Gasteiger partial charge is 0.465 e. The number of nitrogens with two attached hydrogens (primary N) is 1. The predicted octanol–water partition coefficient (Wildman–Crippen LogP) is 1.30. The molecule has 0 aromatic carbocycles. The van der Waals surface area contributed by atoms with Crippen LogP contribution in [-0.4, -0.2) is 36.6 Å². The van der Waals surface area contributed by atoms with E-state index in [1.807, 2.05) is 0 Å². The molecule has 0 aliphatic heterocycles. The maximum atomic E-state index is 10.1. The Labute approximate surface area is 108 Å². The second-order valence-corrected chi connectivity index (χ2v) is 3.21. The number of carbonyl (C=O) groups excluding carboxylic acids is 2. The van der Waals surface area contributed by atoms with E-state index >= 15 is 0 Å². The first-order valence-electron chi connectivity index (χ1n) is 5.55. The molecule has 1 amide bonds. The number of rotatable bonds is 5. The molecule has 0 aliphatic carbocycles. The third kappa shape index (κ3) is 25.5. The van der Waals surface area contributed by atoms with Crippen LogP contribution in [0.2, 0.25) is 0 Å². The summed E-state index contributed by atoms with van der Waals surface area (Å²) in [6.45, 7) is 6.71. The average Bonchev–Trinajstić information content (AvgIpc) is 2.33. The molecule has 104 valence electrons. The van der Waals surface area contributed by atoms with Crippen molar-refractivity contribution in [1.29, 1.82) is 0 Å². The zero-order valence-electron chi connectivity index (χ0n) is 10.8. The number of ether oxygens (including phenoxy) is 1. The van der Waals surface area contributed by atoms with Crippen molar-refractivity contribution in [2.75, 3.05) is 19.1 Å². The van der Waals surface area contributed by atoms with Gasteiger partial charge in [-0.1, -0.05) is 26.7 Å². The molecule has 0 heterocycles. The Hall–Kier alpha value is -0.810. The van der Waals surface area contributed by atoms with Gasteiger partial charge in [0.25, 0.3) is 0 Å². The van der Waals surface area contributed by atoms with Gasteiger partial charge in [-0.3, -0.25) is 9.59 Å². The number of hydrogen-bond acceptors (Lipinski definition) is 4. The molecule has 0 aromatic heterocycles. The fourth-order valence-corrected chi connectivity index (χ4v) is 0.824. The van der Waals surface area contributed by atoms with Crippen LogP contribution in [0.15, 0.2) is 0 Å². The van der Waals surface area contributed by atoms with Crippen molar-refractivity contribution in [1.82, 2.24) is 0 Å². The van der Waals surface area contributed by atoms with E-state index in [1.54, 1.807) is 6.92 Å². The highest BCUT2D eigenvalue weighted by atomic mass is 35.5. The first-order valence-corrected chi connectivity index (χ1v) is 6.08. The second kappa shape index (κ2) is 20.6. The summed E-state index contributed by atoms with van der Waals surface area (Å²) in [5, 5.41) is 8.53. The zero-order valence-corrected chi connectivity index (χ0v) is 11.6. The van der Waals surface area contributed by atoms with Crippen LogP contribution >= 0.6 is 11.6 Å². The third-order valence-electron chi connectivity index (χ3n) is 1.83. The van der Waals surface area contributed by atoms with Crippen LogP contribution in [0.25, 0.3) is 0 Å². The number of hydrogen-bond donors (Lipinski definition) is 2. The fraction of sp³-hybridized carbons (Fsp3) is 0.818. The molecule has 0 rings (SSSR count). The van der Waals surface area contributed by atoms with Crippen molar-refractivity contribution in [3.63, 3.8) is 0 Å². The first-order chi connectivity index (χ1) is 8.07. The maximum absolute atomic E-state index is 10.1. The van der Waals surface area contributed by atoms with E-state index in [-0.39, 0.29) is 18.3 Å². The van der Waals surface area contributed by atoms with Gasteiger partial charge in [-0.05, 0) is 12.8 Å². The quantitative estimate of drug-likeness (QED) is 0.447. The molecule has 0 spiro atoms. The Balaban J connectivity index is -0.000000188.